The number of nitrogens with one attached hydrogen (secondary N) is 1. The maximum Gasteiger partial charge on any atom is 0.0739 e. The van der Waals surface area contributed by atoms with Gasteiger partial charge in [-0.1, -0.05) is 13.8 Å². The molecule has 1 rings (SSSR count). The molecule has 0 aliphatic carbocycles. The Hall–Kier alpha value is -0.390. The molecule has 0 atom stereocenters. The van der Waals surface area contributed by atoms with E-state index in [4.69, 9.17) is 0 Å². The van der Waals surface area contributed by atoms with Crippen LogP contribution in [-0.2, 0) is 13.6 Å². The summed E-state index contributed by atoms with van der Waals surface area (Å²) in [7, 11) is 1.99. The zero-order valence-corrected chi connectivity index (χ0v) is 12.8. The molecule has 1 heterocycles. The number of aromatic nitrogens is 2. The van der Waals surface area contributed by atoms with E-state index in [1.807, 2.05) is 18.7 Å². The van der Waals surface area contributed by atoms with Crippen molar-refractivity contribution >= 4 is 15.9 Å². The Morgan fingerprint density at radius 3 is 2.47 bits per heavy atom. The highest BCUT2D eigenvalue weighted by molar-refractivity contribution is 9.10. The Morgan fingerprint density at radius 2 is 2.00 bits per heavy atom. The average molecular weight is 303 g/mol. The maximum absolute atomic E-state index is 4.38. The number of hydrogen-bond acceptors (Lipinski definition) is 3. The van der Waals surface area contributed by atoms with Crippen molar-refractivity contribution in [1.82, 2.24) is 20.0 Å². The first-order valence-corrected chi connectivity index (χ1v) is 7.00. The van der Waals surface area contributed by atoms with Gasteiger partial charge >= 0.3 is 0 Å². The second kappa shape index (κ2) is 7.13. The average Bonchev–Trinajstić information content (AvgIpc) is 2.55. The van der Waals surface area contributed by atoms with Crippen molar-refractivity contribution in [2.75, 3.05) is 26.2 Å². The third kappa shape index (κ3) is 4.08. The molecule has 1 aromatic rings. The summed E-state index contributed by atoms with van der Waals surface area (Å²) in [5.74, 6) is 0. The first kappa shape index (κ1) is 14.7. The minimum absolute atomic E-state index is 0.860. The third-order valence-corrected chi connectivity index (χ3v) is 4.08. The zero-order valence-electron chi connectivity index (χ0n) is 11.3. The minimum atomic E-state index is 0.860. The van der Waals surface area contributed by atoms with E-state index in [2.05, 4.69) is 45.1 Å². The Balaban J connectivity index is 2.36. The Kier molecular flexibility index (Phi) is 6.16. The molecule has 98 valence electrons. The fraction of sp³-hybridized carbons (Fsp3) is 0.750. The molecule has 0 unspecified atom stereocenters. The molecule has 0 radical (unpaired) electrons. The highest BCUT2D eigenvalue weighted by Gasteiger charge is 2.09. The van der Waals surface area contributed by atoms with Crippen LogP contribution in [0.2, 0.25) is 0 Å². The van der Waals surface area contributed by atoms with E-state index in [0.29, 0.717) is 0 Å². The van der Waals surface area contributed by atoms with Gasteiger partial charge in [-0.2, -0.15) is 5.10 Å². The van der Waals surface area contributed by atoms with Gasteiger partial charge in [0.1, 0.15) is 0 Å². The lowest BCUT2D eigenvalue weighted by Crippen LogP contribution is -2.32. The number of hydrogen-bond donors (Lipinski definition) is 1. The van der Waals surface area contributed by atoms with Gasteiger partial charge in [0.2, 0.25) is 0 Å². The van der Waals surface area contributed by atoms with Crippen LogP contribution in [-0.4, -0.2) is 40.9 Å². The number of halogens is 1. The van der Waals surface area contributed by atoms with Crippen LogP contribution >= 0.6 is 15.9 Å². The predicted molar refractivity (Wildman–Crippen MR) is 75.1 cm³/mol. The third-order valence-electron chi connectivity index (χ3n) is 3.05. The van der Waals surface area contributed by atoms with Crippen molar-refractivity contribution in [3.8, 4) is 0 Å². The van der Waals surface area contributed by atoms with Crippen LogP contribution in [0.4, 0.5) is 0 Å². The summed E-state index contributed by atoms with van der Waals surface area (Å²) in [6.07, 6.45) is 0. The highest BCUT2D eigenvalue weighted by atomic mass is 79.9. The molecule has 0 aliphatic rings. The molecule has 4 nitrogen and oxygen atoms in total. The largest absolute Gasteiger partial charge is 0.310 e. The van der Waals surface area contributed by atoms with Gasteiger partial charge in [0, 0.05) is 26.7 Å². The van der Waals surface area contributed by atoms with Gasteiger partial charge in [-0.3, -0.25) is 4.68 Å². The summed E-state index contributed by atoms with van der Waals surface area (Å²) in [6.45, 7) is 11.6. The molecule has 0 aromatic carbocycles. The lowest BCUT2D eigenvalue weighted by Gasteiger charge is -2.18. The molecule has 0 bridgehead atoms. The molecule has 1 aromatic heterocycles. The molecule has 5 heteroatoms. The van der Waals surface area contributed by atoms with Crippen LogP contribution in [0.25, 0.3) is 0 Å². The van der Waals surface area contributed by atoms with Crippen molar-refractivity contribution < 1.29 is 0 Å². The lowest BCUT2D eigenvalue weighted by molar-refractivity contribution is 0.301. The second-order valence-corrected chi connectivity index (χ2v) is 4.97. The Morgan fingerprint density at radius 1 is 1.35 bits per heavy atom. The zero-order chi connectivity index (χ0) is 12.8. The number of nitrogens with zero attached hydrogens (tertiary/aromatic N) is 3. The summed E-state index contributed by atoms with van der Waals surface area (Å²) in [4.78, 5) is 2.41. The number of likely N-dealkylation sites (N-methyl/N-ethyl adjacent to an activating group) is 1. The van der Waals surface area contributed by atoms with E-state index < -0.39 is 0 Å². The fourth-order valence-corrected chi connectivity index (χ4v) is 2.33. The first-order chi connectivity index (χ1) is 8.10. The summed E-state index contributed by atoms with van der Waals surface area (Å²) in [5.41, 5.74) is 2.26. The van der Waals surface area contributed by atoms with Crippen LogP contribution in [0.5, 0.6) is 0 Å². The SMILES string of the molecule is CCN(CC)CCNCc1c(Br)c(C)nn1C. The van der Waals surface area contributed by atoms with E-state index in [1.165, 1.54) is 5.69 Å². The van der Waals surface area contributed by atoms with E-state index in [9.17, 15) is 0 Å². The molecular formula is C12H23BrN4. The van der Waals surface area contributed by atoms with Gasteiger partial charge < -0.3 is 10.2 Å². The van der Waals surface area contributed by atoms with Crippen molar-refractivity contribution in [2.45, 2.75) is 27.3 Å². The molecule has 0 fully saturated rings. The summed E-state index contributed by atoms with van der Waals surface area (Å²) < 4.78 is 3.06. The molecule has 0 saturated carbocycles. The molecule has 1 N–H and O–H groups in total. The summed E-state index contributed by atoms with van der Waals surface area (Å²) >= 11 is 3.58. The maximum atomic E-state index is 4.38. The van der Waals surface area contributed by atoms with E-state index >= 15 is 0 Å². The van der Waals surface area contributed by atoms with E-state index in [-0.39, 0.29) is 0 Å². The summed E-state index contributed by atoms with van der Waals surface area (Å²) in [6, 6.07) is 0. The van der Waals surface area contributed by atoms with Crippen LogP contribution in [0, 0.1) is 6.92 Å². The topological polar surface area (TPSA) is 33.1 Å². The standard InChI is InChI=1S/C12H23BrN4/c1-5-17(6-2)8-7-14-9-11-12(13)10(3)15-16(11)4/h14H,5-9H2,1-4H3. The van der Waals surface area contributed by atoms with Crippen molar-refractivity contribution in [2.24, 2.45) is 7.05 Å². The molecule has 17 heavy (non-hydrogen) atoms. The van der Waals surface area contributed by atoms with Gasteiger partial charge in [-0.25, -0.2) is 0 Å². The monoisotopic (exact) mass is 302 g/mol. The van der Waals surface area contributed by atoms with Crippen molar-refractivity contribution in [3.05, 3.63) is 15.9 Å². The molecule has 0 amide bonds. The van der Waals surface area contributed by atoms with Crippen LogP contribution in [0.3, 0.4) is 0 Å². The minimum Gasteiger partial charge on any atom is -0.310 e. The predicted octanol–water partition coefficient (Wildman–Crippen LogP) is 1.92. The fourth-order valence-electron chi connectivity index (χ4n) is 1.86. The summed E-state index contributed by atoms with van der Waals surface area (Å²) in [5, 5.41) is 7.84. The van der Waals surface area contributed by atoms with E-state index in [1.54, 1.807) is 0 Å². The van der Waals surface area contributed by atoms with Crippen LogP contribution in [0.15, 0.2) is 4.47 Å². The van der Waals surface area contributed by atoms with Gasteiger partial charge in [0.05, 0.1) is 15.9 Å². The Bertz CT molecular complexity index is 345. The molecule has 0 spiro atoms. The van der Waals surface area contributed by atoms with E-state index in [0.717, 1.165) is 42.9 Å². The molecule has 0 saturated heterocycles. The lowest BCUT2D eigenvalue weighted by atomic mass is 10.3. The Labute approximate surface area is 113 Å². The normalized spacial score (nSPS) is 11.4. The quantitative estimate of drug-likeness (QED) is 0.781. The van der Waals surface area contributed by atoms with Crippen molar-refractivity contribution in [1.29, 1.82) is 0 Å². The van der Waals surface area contributed by atoms with Gasteiger partial charge in [-0.15, -0.1) is 0 Å². The molecule has 0 aliphatic heterocycles. The second-order valence-electron chi connectivity index (χ2n) is 4.17. The van der Waals surface area contributed by atoms with Gasteiger partial charge in [0.15, 0.2) is 0 Å². The van der Waals surface area contributed by atoms with Gasteiger partial charge in [0.25, 0.3) is 0 Å². The highest BCUT2D eigenvalue weighted by Crippen LogP contribution is 2.19. The number of aryl methyl sites for hydroxylation is 2. The first-order valence-electron chi connectivity index (χ1n) is 6.21. The smallest absolute Gasteiger partial charge is 0.0739 e. The van der Waals surface area contributed by atoms with Crippen molar-refractivity contribution in [3.63, 3.8) is 0 Å². The van der Waals surface area contributed by atoms with Crippen LogP contribution < -0.4 is 5.32 Å². The molecular weight excluding hydrogens is 280 g/mol. The van der Waals surface area contributed by atoms with Gasteiger partial charge in [-0.05, 0) is 35.9 Å². The number of rotatable bonds is 7. The van der Waals surface area contributed by atoms with Crippen LogP contribution in [0.1, 0.15) is 25.2 Å².